The van der Waals surface area contributed by atoms with E-state index < -0.39 is 0 Å². The molecule has 2 N–H and O–H groups in total. The Kier molecular flexibility index (Phi) is 3.07. The zero-order valence-corrected chi connectivity index (χ0v) is 10.9. The van der Waals surface area contributed by atoms with E-state index in [4.69, 9.17) is 0 Å². The van der Waals surface area contributed by atoms with Gasteiger partial charge in [-0.1, -0.05) is 24.3 Å². The Morgan fingerprint density at radius 1 is 1.32 bits per heavy atom. The lowest BCUT2D eigenvalue weighted by Crippen LogP contribution is -2.25. The van der Waals surface area contributed by atoms with E-state index in [1.807, 2.05) is 31.3 Å². The number of rotatable bonds is 4. The molecule has 0 spiro atoms. The molecular weight excluding hydrogens is 238 g/mol. The molecule has 1 heterocycles. The van der Waals surface area contributed by atoms with Gasteiger partial charge in [0.2, 0.25) is 0 Å². The van der Waals surface area contributed by atoms with Crippen LogP contribution in [0.5, 0.6) is 0 Å². The van der Waals surface area contributed by atoms with Gasteiger partial charge in [-0.3, -0.25) is 4.79 Å². The number of amides is 1. The summed E-state index contributed by atoms with van der Waals surface area (Å²) in [5, 5.41) is 7.96. The summed E-state index contributed by atoms with van der Waals surface area (Å²) < 4.78 is 0. The normalized spacial score (nSPS) is 14.4. The van der Waals surface area contributed by atoms with E-state index in [1.54, 1.807) is 6.20 Å². The summed E-state index contributed by atoms with van der Waals surface area (Å²) in [6.07, 6.45) is 4.12. The highest BCUT2D eigenvalue weighted by Gasteiger charge is 2.22. The molecule has 0 bridgehead atoms. The monoisotopic (exact) mass is 255 g/mol. The van der Waals surface area contributed by atoms with Gasteiger partial charge < -0.3 is 10.6 Å². The van der Waals surface area contributed by atoms with Crippen molar-refractivity contribution in [1.82, 2.24) is 10.3 Å². The van der Waals surface area contributed by atoms with Gasteiger partial charge in [-0.2, -0.15) is 0 Å². The van der Waals surface area contributed by atoms with Crippen molar-refractivity contribution in [2.75, 3.05) is 18.9 Å². The van der Waals surface area contributed by atoms with E-state index >= 15 is 0 Å². The molecule has 1 fully saturated rings. The third kappa shape index (κ3) is 2.38. The maximum Gasteiger partial charge on any atom is 0.253 e. The summed E-state index contributed by atoms with van der Waals surface area (Å²) >= 11 is 0. The van der Waals surface area contributed by atoms with Crippen molar-refractivity contribution < 1.29 is 4.79 Å². The fraction of sp³-hybridized carbons (Fsp3) is 0.333. The lowest BCUT2D eigenvalue weighted by atomic mass is 10.1. The van der Waals surface area contributed by atoms with Crippen LogP contribution < -0.4 is 10.6 Å². The minimum absolute atomic E-state index is 0.0294. The maximum atomic E-state index is 12.2. The zero-order valence-electron chi connectivity index (χ0n) is 10.9. The first-order valence-electron chi connectivity index (χ1n) is 6.63. The van der Waals surface area contributed by atoms with Crippen LogP contribution in [0.2, 0.25) is 0 Å². The minimum Gasteiger partial charge on any atom is -0.373 e. The van der Waals surface area contributed by atoms with Gasteiger partial charge in [-0.25, -0.2) is 4.98 Å². The van der Waals surface area contributed by atoms with Crippen molar-refractivity contribution in [3.63, 3.8) is 0 Å². The number of hydrogen-bond acceptors (Lipinski definition) is 3. The quantitative estimate of drug-likeness (QED) is 0.882. The van der Waals surface area contributed by atoms with Crippen molar-refractivity contribution in [3.05, 3.63) is 36.0 Å². The molecular formula is C15H17N3O. The van der Waals surface area contributed by atoms with Gasteiger partial charge in [0.1, 0.15) is 5.82 Å². The molecule has 2 aromatic rings. The fourth-order valence-corrected chi connectivity index (χ4v) is 2.23. The number of aromatic nitrogens is 1. The van der Waals surface area contributed by atoms with Gasteiger partial charge in [-0.15, -0.1) is 0 Å². The molecule has 1 amide bonds. The number of carbonyl (C=O) groups is 1. The molecule has 1 aliphatic rings. The van der Waals surface area contributed by atoms with Crippen LogP contribution in [0.15, 0.2) is 30.5 Å². The first kappa shape index (κ1) is 12.0. The second-order valence-corrected chi connectivity index (χ2v) is 4.97. The third-order valence-electron chi connectivity index (χ3n) is 3.52. The molecule has 0 saturated heterocycles. The molecule has 3 rings (SSSR count). The van der Waals surface area contributed by atoms with Crippen molar-refractivity contribution >= 4 is 22.5 Å². The van der Waals surface area contributed by atoms with Crippen LogP contribution in [-0.4, -0.2) is 24.5 Å². The topological polar surface area (TPSA) is 54.0 Å². The number of carbonyl (C=O) groups excluding carboxylic acids is 1. The van der Waals surface area contributed by atoms with Gasteiger partial charge in [0.05, 0.1) is 5.56 Å². The first-order chi connectivity index (χ1) is 9.29. The number of fused-ring (bicyclic) bond motifs is 1. The molecule has 0 aliphatic heterocycles. The van der Waals surface area contributed by atoms with E-state index in [2.05, 4.69) is 15.6 Å². The van der Waals surface area contributed by atoms with Crippen LogP contribution in [0.4, 0.5) is 5.82 Å². The molecule has 98 valence electrons. The zero-order chi connectivity index (χ0) is 13.2. The molecule has 4 heteroatoms. The van der Waals surface area contributed by atoms with Crippen molar-refractivity contribution in [1.29, 1.82) is 0 Å². The molecule has 1 aliphatic carbocycles. The minimum atomic E-state index is -0.0294. The molecule has 1 aromatic heterocycles. The number of pyridine rings is 1. The summed E-state index contributed by atoms with van der Waals surface area (Å²) in [4.78, 5) is 16.5. The van der Waals surface area contributed by atoms with Crippen LogP contribution in [0.25, 0.3) is 10.8 Å². The second-order valence-electron chi connectivity index (χ2n) is 4.97. The second kappa shape index (κ2) is 4.88. The van der Waals surface area contributed by atoms with Crippen LogP contribution in [0, 0.1) is 5.92 Å². The van der Waals surface area contributed by atoms with E-state index in [0.29, 0.717) is 11.5 Å². The molecule has 1 aromatic carbocycles. The van der Waals surface area contributed by atoms with Crippen molar-refractivity contribution in [2.45, 2.75) is 12.8 Å². The molecule has 0 atom stereocenters. The highest BCUT2D eigenvalue weighted by atomic mass is 16.1. The Balaban J connectivity index is 1.96. The van der Waals surface area contributed by atoms with E-state index in [9.17, 15) is 4.79 Å². The number of nitrogens with one attached hydrogen (secondary N) is 2. The third-order valence-corrected chi connectivity index (χ3v) is 3.52. The SMILES string of the molecule is CNc1ncc(C(=O)NCC2CC2)c2ccccc12. The predicted molar refractivity (Wildman–Crippen MR) is 76.3 cm³/mol. The summed E-state index contributed by atoms with van der Waals surface area (Å²) in [5.74, 6) is 1.45. The Labute approximate surface area is 112 Å². The van der Waals surface area contributed by atoms with Gasteiger partial charge in [0.25, 0.3) is 5.91 Å². The molecule has 19 heavy (non-hydrogen) atoms. The average molecular weight is 255 g/mol. The van der Waals surface area contributed by atoms with Crippen molar-refractivity contribution in [2.24, 2.45) is 5.92 Å². The summed E-state index contributed by atoms with van der Waals surface area (Å²) in [6.45, 7) is 0.779. The smallest absolute Gasteiger partial charge is 0.253 e. The lowest BCUT2D eigenvalue weighted by molar-refractivity contribution is 0.0953. The number of anilines is 1. The first-order valence-corrected chi connectivity index (χ1v) is 6.63. The van der Waals surface area contributed by atoms with E-state index in [-0.39, 0.29) is 5.91 Å². The molecule has 0 radical (unpaired) electrons. The number of nitrogens with zero attached hydrogens (tertiary/aromatic N) is 1. The molecule has 0 unspecified atom stereocenters. The van der Waals surface area contributed by atoms with Gasteiger partial charge in [0, 0.05) is 25.2 Å². The standard InChI is InChI=1S/C15H17N3O/c1-16-14-12-5-3-2-4-11(12)13(9-17-14)15(19)18-8-10-6-7-10/h2-5,9-10H,6-8H2,1H3,(H,16,17)(H,18,19). The number of benzene rings is 1. The highest BCUT2D eigenvalue weighted by Crippen LogP contribution is 2.28. The van der Waals surface area contributed by atoms with Crippen LogP contribution in [-0.2, 0) is 0 Å². The summed E-state index contributed by atoms with van der Waals surface area (Å²) in [7, 11) is 1.83. The Bertz CT molecular complexity index is 620. The van der Waals surface area contributed by atoms with Crippen LogP contribution in [0.1, 0.15) is 23.2 Å². The van der Waals surface area contributed by atoms with E-state index in [1.165, 1.54) is 12.8 Å². The maximum absolute atomic E-state index is 12.2. The Morgan fingerprint density at radius 2 is 2.05 bits per heavy atom. The Morgan fingerprint density at radius 3 is 2.74 bits per heavy atom. The Hall–Kier alpha value is -2.10. The largest absolute Gasteiger partial charge is 0.373 e. The van der Waals surface area contributed by atoms with Crippen molar-refractivity contribution in [3.8, 4) is 0 Å². The summed E-state index contributed by atoms with van der Waals surface area (Å²) in [6, 6.07) is 7.84. The summed E-state index contributed by atoms with van der Waals surface area (Å²) in [5.41, 5.74) is 0.648. The predicted octanol–water partition coefficient (Wildman–Crippen LogP) is 2.42. The molecule has 4 nitrogen and oxygen atoms in total. The number of hydrogen-bond donors (Lipinski definition) is 2. The highest BCUT2D eigenvalue weighted by molar-refractivity contribution is 6.09. The average Bonchev–Trinajstić information content (AvgIpc) is 3.27. The van der Waals surface area contributed by atoms with Crippen LogP contribution in [0.3, 0.4) is 0 Å². The fourth-order valence-electron chi connectivity index (χ4n) is 2.23. The molecule has 1 saturated carbocycles. The van der Waals surface area contributed by atoms with Gasteiger partial charge in [-0.05, 0) is 24.1 Å². The van der Waals surface area contributed by atoms with E-state index in [0.717, 1.165) is 23.1 Å². The van der Waals surface area contributed by atoms with Gasteiger partial charge in [0.15, 0.2) is 0 Å². The lowest BCUT2D eigenvalue weighted by Gasteiger charge is -2.10. The van der Waals surface area contributed by atoms with Gasteiger partial charge >= 0.3 is 0 Å². The van der Waals surface area contributed by atoms with Crippen LogP contribution >= 0.6 is 0 Å².